The molecule has 6 rings (SSSR count). The number of rotatable bonds is 5. The van der Waals surface area contributed by atoms with Gasteiger partial charge in [-0.2, -0.15) is 18.3 Å². The molecule has 178 valence electrons. The van der Waals surface area contributed by atoms with Crippen LogP contribution in [0.4, 0.5) is 19.0 Å². The van der Waals surface area contributed by atoms with Crippen molar-refractivity contribution in [1.29, 1.82) is 0 Å². The van der Waals surface area contributed by atoms with Gasteiger partial charge in [-0.3, -0.25) is 5.10 Å². The molecule has 2 aromatic heterocycles. The first-order valence-electron chi connectivity index (χ1n) is 11.5. The predicted molar refractivity (Wildman–Crippen MR) is 118 cm³/mol. The van der Waals surface area contributed by atoms with Crippen molar-refractivity contribution in [1.82, 2.24) is 30.7 Å². The van der Waals surface area contributed by atoms with Crippen LogP contribution < -0.4 is 10.2 Å². The van der Waals surface area contributed by atoms with Crippen LogP contribution in [0, 0.1) is 0 Å². The molecule has 3 aromatic rings. The molecule has 1 aliphatic carbocycles. The Morgan fingerprint density at radius 2 is 1.91 bits per heavy atom. The molecule has 3 fully saturated rings. The third-order valence-electron chi connectivity index (χ3n) is 7.30. The van der Waals surface area contributed by atoms with Gasteiger partial charge in [-0.15, -0.1) is 10.2 Å². The van der Waals surface area contributed by atoms with Crippen LogP contribution in [0.5, 0.6) is 5.75 Å². The Bertz CT molecular complexity index is 1180. The molecule has 0 unspecified atom stereocenters. The normalized spacial score (nSPS) is 26.6. The van der Waals surface area contributed by atoms with E-state index in [0.717, 1.165) is 24.0 Å². The molecule has 1 saturated carbocycles. The van der Waals surface area contributed by atoms with Gasteiger partial charge in [-0.25, -0.2) is 4.98 Å². The second-order valence-corrected chi connectivity index (χ2v) is 9.55. The van der Waals surface area contributed by atoms with Gasteiger partial charge >= 0.3 is 6.18 Å². The van der Waals surface area contributed by atoms with Gasteiger partial charge in [0.15, 0.2) is 11.6 Å². The molecule has 8 nitrogen and oxygen atoms in total. The van der Waals surface area contributed by atoms with Gasteiger partial charge in [0.1, 0.15) is 11.3 Å². The molecular weight excluding hydrogens is 447 g/mol. The van der Waals surface area contributed by atoms with Gasteiger partial charge in [0.2, 0.25) is 0 Å². The predicted octanol–water partition coefficient (Wildman–Crippen LogP) is 3.82. The van der Waals surface area contributed by atoms with Crippen molar-refractivity contribution in [2.75, 3.05) is 4.90 Å². The standard InChI is InChI=1S/C23H24F3N7O/c24-23(25,26)22-6-5-15(30-22)8-17(9-22)33(16-2-3-16)20-12-27-21(32-31-20)18-4-1-13(7-19(18)34)14-10-28-29-11-14/h1,4,7,10-12,15-17,30,34H,2-3,5-6,8-9H2,(H,28,29)/t15-,17+,22-/m1/s1. The van der Waals surface area contributed by atoms with E-state index in [2.05, 4.69) is 30.7 Å². The van der Waals surface area contributed by atoms with Crippen molar-refractivity contribution in [3.8, 4) is 28.3 Å². The second-order valence-electron chi connectivity index (χ2n) is 9.55. The van der Waals surface area contributed by atoms with Crippen LogP contribution in [0.3, 0.4) is 0 Å². The number of benzene rings is 1. The number of fused-ring (bicyclic) bond motifs is 2. The lowest BCUT2D eigenvalue weighted by atomic mass is 9.86. The lowest BCUT2D eigenvalue weighted by Crippen LogP contribution is -2.62. The summed E-state index contributed by atoms with van der Waals surface area (Å²) in [6, 6.07) is 4.90. The lowest BCUT2D eigenvalue weighted by Gasteiger charge is -2.44. The number of hydrogen-bond donors (Lipinski definition) is 3. The average Bonchev–Trinajstić information content (AvgIpc) is 3.36. The van der Waals surface area contributed by atoms with E-state index in [0.29, 0.717) is 24.2 Å². The van der Waals surface area contributed by atoms with Crippen LogP contribution in [-0.2, 0) is 0 Å². The van der Waals surface area contributed by atoms with Crippen molar-refractivity contribution in [3.63, 3.8) is 0 Å². The maximum absolute atomic E-state index is 13.9. The molecule has 0 radical (unpaired) electrons. The number of anilines is 1. The highest BCUT2D eigenvalue weighted by molar-refractivity contribution is 5.72. The van der Waals surface area contributed by atoms with Gasteiger partial charge in [0, 0.05) is 29.9 Å². The number of phenols is 1. The first-order chi connectivity index (χ1) is 16.3. The average molecular weight is 471 g/mol. The van der Waals surface area contributed by atoms with E-state index in [4.69, 9.17) is 0 Å². The van der Waals surface area contributed by atoms with Crippen molar-refractivity contribution >= 4 is 5.82 Å². The van der Waals surface area contributed by atoms with Gasteiger partial charge < -0.3 is 15.3 Å². The van der Waals surface area contributed by atoms with Crippen LogP contribution in [0.15, 0.2) is 36.8 Å². The number of halogens is 3. The summed E-state index contributed by atoms with van der Waals surface area (Å²) in [6.07, 6.45) is 3.81. The quantitative estimate of drug-likeness (QED) is 0.520. The Morgan fingerprint density at radius 3 is 2.56 bits per heavy atom. The number of hydrogen-bond acceptors (Lipinski definition) is 7. The maximum atomic E-state index is 13.9. The summed E-state index contributed by atoms with van der Waals surface area (Å²) in [4.78, 5) is 6.42. The zero-order chi connectivity index (χ0) is 23.5. The Kier molecular flexibility index (Phi) is 4.80. The number of alkyl halides is 3. The van der Waals surface area contributed by atoms with E-state index in [9.17, 15) is 18.3 Å². The Morgan fingerprint density at radius 1 is 1.06 bits per heavy atom. The van der Waals surface area contributed by atoms with Crippen molar-refractivity contribution in [2.45, 2.75) is 68.4 Å². The fraction of sp³-hybridized carbons (Fsp3) is 0.478. The first-order valence-corrected chi connectivity index (χ1v) is 11.5. The summed E-state index contributed by atoms with van der Waals surface area (Å²) in [5.74, 6) is 0.756. The number of piperidine rings is 1. The molecule has 3 N–H and O–H groups in total. The fourth-order valence-electron chi connectivity index (χ4n) is 5.50. The van der Waals surface area contributed by atoms with Crippen LogP contribution in [0.2, 0.25) is 0 Å². The molecule has 11 heteroatoms. The highest BCUT2D eigenvalue weighted by Gasteiger charge is 2.62. The minimum absolute atomic E-state index is 0.00317. The number of aromatic amines is 1. The van der Waals surface area contributed by atoms with E-state index in [1.54, 1.807) is 30.7 Å². The van der Waals surface area contributed by atoms with Gasteiger partial charge in [0.25, 0.3) is 0 Å². The van der Waals surface area contributed by atoms with Crippen molar-refractivity contribution in [2.24, 2.45) is 0 Å². The van der Waals surface area contributed by atoms with E-state index in [-0.39, 0.29) is 42.5 Å². The summed E-state index contributed by atoms with van der Waals surface area (Å²) in [6.45, 7) is 0. The molecular formula is C23H24F3N7O. The Hall–Kier alpha value is -3.21. The van der Waals surface area contributed by atoms with Crippen LogP contribution >= 0.6 is 0 Å². The number of H-pyrrole nitrogens is 1. The van der Waals surface area contributed by atoms with E-state index in [1.165, 1.54) is 0 Å². The highest BCUT2D eigenvalue weighted by Crippen LogP contribution is 2.49. The van der Waals surface area contributed by atoms with Crippen LogP contribution in [0.1, 0.15) is 38.5 Å². The van der Waals surface area contributed by atoms with E-state index < -0.39 is 11.7 Å². The summed E-state index contributed by atoms with van der Waals surface area (Å²) in [5, 5.41) is 28.6. The molecule has 0 spiro atoms. The van der Waals surface area contributed by atoms with Gasteiger partial charge in [-0.05, 0) is 56.2 Å². The lowest BCUT2D eigenvalue weighted by molar-refractivity contribution is -0.199. The molecule has 2 bridgehead atoms. The minimum Gasteiger partial charge on any atom is -0.507 e. The van der Waals surface area contributed by atoms with Gasteiger partial charge in [-0.1, -0.05) is 6.07 Å². The largest absolute Gasteiger partial charge is 0.507 e. The Balaban J connectivity index is 1.26. The summed E-state index contributed by atoms with van der Waals surface area (Å²) >= 11 is 0. The van der Waals surface area contributed by atoms with Gasteiger partial charge in [0.05, 0.1) is 18.0 Å². The SMILES string of the molecule is Oc1cc(-c2cn[nH]c2)ccc1-c1ncc(N(C2CC2)[C@H]2C[C@H]3CC[C@](C(F)(F)F)(C2)N3)nn1. The van der Waals surface area contributed by atoms with E-state index in [1.807, 2.05) is 11.0 Å². The minimum atomic E-state index is -4.29. The zero-order valence-corrected chi connectivity index (χ0v) is 18.3. The highest BCUT2D eigenvalue weighted by atomic mass is 19.4. The molecule has 34 heavy (non-hydrogen) atoms. The molecule has 4 heterocycles. The monoisotopic (exact) mass is 471 g/mol. The number of nitrogens with one attached hydrogen (secondary N) is 2. The van der Waals surface area contributed by atoms with Crippen molar-refractivity contribution in [3.05, 3.63) is 36.8 Å². The zero-order valence-electron chi connectivity index (χ0n) is 18.3. The third-order valence-corrected chi connectivity index (χ3v) is 7.30. The van der Waals surface area contributed by atoms with Crippen LogP contribution in [0.25, 0.3) is 22.5 Å². The molecule has 0 amide bonds. The third kappa shape index (κ3) is 3.58. The maximum Gasteiger partial charge on any atom is 0.406 e. The smallest absolute Gasteiger partial charge is 0.406 e. The molecule has 1 aromatic carbocycles. The molecule has 3 aliphatic rings. The Labute approximate surface area is 193 Å². The molecule has 3 atom stereocenters. The number of phenolic OH excluding ortho intramolecular Hbond substituents is 1. The fourth-order valence-corrected chi connectivity index (χ4v) is 5.50. The van der Waals surface area contributed by atoms with Crippen molar-refractivity contribution < 1.29 is 18.3 Å². The summed E-state index contributed by atoms with van der Waals surface area (Å²) in [5.41, 5.74) is 0.236. The first kappa shape index (κ1) is 21.3. The topological polar surface area (TPSA) is 103 Å². The number of aromatic hydroxyl groups is 1. The van der Waals surface area contributed by atoms with Crippen LogP contribution in [-0.4, -0.2) is 60.3 Å². The van der Waals surface area contributed by atoms with E-state index >= 15 is 0 Å². The summed E-state index contributed by atoms with van der Waals surface area (Å²) < 4.78 is 41.8. The second kappa shape index (κ2) is 7.66. The molecule has 2 saturated heterocycles. The molecule has 2 aliphatic heterocycles. The summed E-state index contributed by atoms with van der Waals surface area (Å²) in [7, 11) is 0. The number of aromatic nitrogens is 5. The number of nitrogens with zero attached hydrogens (tertiary/aromatic N) is 5.